The largest absolute Gasteiger partial charge is 0.388 e. The number of carbonyl (C=O) groups is 1. The molecular weight excluding hydrogens is 424 g/mol. The molecule has 2 amide bonds. The second-order valence-electron chi connectivity index (χ2n) is 9.58. The van der Waals surface area contributed by atoms with Crippen molar-refractivity contribution in [1.82, 2.24) is 9.80 Å². The van der Waals surface area contributed by atoms with Crippen LogP contribution < -0.4 is 0 Å². The normalized spacial score (nSPS) is 23.2. The highest BCUT2D eigenvalue weighted by molar-refractivity contribution is 5.76. The summed E-state index contributed by atoms with van der Waals surface area (Å²) in [6.45, 7) is 5.49. The van der Waals surface area contributed by atoms with Gasteiger partial charge in [-0.1, -0.05) is 100 Å². The Balaban J connectivity index is 1.96. The summed E-state index contributed by atoms with van der Waals surface area (Å²) in [6.07, 6.45) is 4.99. The zero-order valence-electron chi connectivity index (χ0n) is 20.9. The topological polar surface area (TPSA) is 64.0 Å². The molecule has 34 heavy (non-hydrogen) atoms. The summed E-state index contributed by atoms with van der Waals surface area (Å²) >= 11 is 0. The first-order valence-corrected chi connectivity index (χ1v) is 13.1. The van der Waals surface area contributed by atoms with Gasteiger partial charge in [-0.3, -0.25) is 0 Å². The second kappa shape index (κ2) is 13.5. The number of hydrogen-bond donors (Lipinski definition) is 2. The molecule has 0 radical (unpaired) electrons. The summed E-state index contributed by atoms with van der Waals surface area (Å²) in [5.41, 5.74) is 2.12. The number of amides is 2. The fourth-order valence-corrected chi connectivity index (χ4v) is 5.03. The molecule has 0 saturated carbocycles. The third-order valence-electron chi connectivity index (χ3n) is 7.01. The van der Waals surface area contributed by atoms with Gasteiger partial charge in [0.05, 0.1) is 12.1 Å². The van der Waals surface area contributed by atoms with E-state index in [2.05, 4.69) is 13.8 Å². The zero-order valence-corrected chi connectivity index (χ0v) is 20.9. The van der Waals surface area contributed by atoms with Gasteiger partial charge in [-0.25, -0.2) is 4.79 Å². The summed E-state index contributed by atoms with van der Waals surface area (Å²) in [4.78, 5) is 17.8. The quantitative estimate of drug-likeness (QED) is 0.430. The number of aliphatic hydroxyl groups excluding tert-OH is 2. The average Bonchev–Trinajstić information content (AvgIpc) is 2.92. The van der Waals surface area contributed by atoms with Gasteiger partial charge in [0.25, 0.3) is 0 Å². The Labute approximate surface area is 205 Å². The molecule has 2 aromatic rings. The van der Waals surface area contributed by atoms with Crippen LogP contribution in [0.5, 0.6) is 0 Å². The van der Waals surface area contributed by atoms with E-state index in [0.717, 1.165) is 49.7 Å². The van der Waals surface area contributed by atoms with E-state index >= 15 is 0 Å². The molecule has 1 heterocycles. The summed E-state index contributed by atoms with van der Waals surface area (Å²) in [5.74, 6) is 0. The SMILES string of the molecule is CCCCCN1C(=O)N(CCCCC)C(Cc2ccccc2)C(O)C(O)C1Cc1ccccc1. The van der Waals surface area contributed by atoms with Crippen LogP contribution in [0.25, 0.3) is 0 Å². The summed E-state index contributed by atoms with van der Waals surface area (Å²) in [6, 6.07) is 19.0. The predicted molar refractivity (Wildman–Crippen MR) is 138 cm³/mol. The van der Waals surface area contributed by atoms with E-state index in [9.17, 15) is 15.0 Å². The van der Waals surface area contributed by atoms with Crippen LogP contribution in [-0.4, -0.2) is 63.4 Å². The molecule has 2 N–H and O–H groups in total. The molecule has 2 aromatic carbocycles. The predicted octanol–water partition coefficient (Wildman–Crippen LogP) is 5.05. The van der Waals surface area contributed by atoms with Crippen molar-refractivity contribution in [3.8, 4) is 0 Å². The minimum absolute atomic E-state index is 0.0512. The number of hydrogen-bond acceptors (Lipinski definition) is 3. The fourth-order valence-electron chi connectivity index (χ4n) is 5.03. The number of aliphatic hydroxyl groups is 2. The maximum absolute atomic E-state index is 14.1. The molecule has 5 heteroatoms. The van der Waals surface area contributed by atoms with Crippen LogP contribution in [0, 0.1) is 0 Å². The van der Waals surface area contributed by atoms with Gasteiger partial charge in [0, 0.05) is 13.1 Å². The van der Waals surface area contributed by atoms with E-state index in [4.69, 9.17) is 0 Å². The molecule has 0 aliphatic carbocycles. The van der Waals surface area contributed by atoms with Crippen LogP contribution in [0.2, 0.25) is 0 Å². The van der Waals surface area contributed by atoms with Crippen LogP contribution in [0.3, 0.4) is 0 Å². The maximum Gasteiger partial charge on any atom is 0.320 e. The highest BCUT2D eigenvalue weighted by atomic mass is 16.3. The van der Waals surface area contributed by atoms with Crippen molar-refractivity contribution in [1.29, 1.82) is 0 Å². The Morgan fingerprint density at radius 1 is 0.647 bits per heavy atom. The number of benzene rings is 2. The molecule has 3 rings (SSSR count). The zero-order chi connectivity index (χ0) is 24.3. The maximum atomic E-state index is 14.1. The van der Waals surface area contributed by atoms with Crippen molar-refractivity contribution in [2.75, 3.05) is 13.1 Å². The number of rotatable bonds is 12. The third kappa shape index (κ3) is 6.83. The van der Waals surface area contributed by atoms with Gasteiger partial charge in [0.15, 0.2) is 0 Å². The first-order valence-electron chi connectivity index (χ1n) is 13.1. The highest BCUT2D eigenvalue weighted by Gasteiger charge is 2.45. The Bertz CT molecular complexity index is 775. The molecular formula is C29H42N2O3. The summed E-state index contributed by atoms with van der Waals surface area (Å²) < 4.78 is 0. The molecule has 1 fully saturated rings. The van der Waals surface area contributed by atoms with Crippen molar-refractivity contribution in [3.63, 3.8) is 0 Å². The van der Waals surface area contributed by atoms with E-state index in [1.54, 1.807) is 0 Å². The molecule has 0 bridgehead atoms. The van der Waals surface area contributed by atoms with Crippen molar-refractivity contribution >= 4 is 6.03 Å². The van der Waals surface area contributed by atoms with E-state index < -0.39 is 24.3 Å². The Hall–Kier alpha value is -2.37. The van der Waals surface area contributed by atoms with Gasteiger partial charge in [0.2, 0.25) is 0 Å². The Morgan fingerprint density at radius 3 is 1.38 bits per heavy atom. The lowest BCUT2D eigenvalue weighted by atomic mass is 9.91. The third-order valence-corrected chi connectivity index (χ3v) is 7.01. The molecule has 1 aliphatic rings. The monoisotopic (exact) mass is 466 g/mol. The molecule has 0 spiro atoms. The Morgan fingerprint density at radius 2 is 1.03 bits per heavy atom. The van der Waals surface area contributed by atoms with Gasteiger partial charge < -0.3 is 20.0 Å². The number of unbranched alkanes of at least 4 members (excludes halogenated alkanes) is 4. The lowest BCUT2D eigenvalue weighted by molar-refractivity contribution is -0.0396. The lowest BCUT2D eigenvalue weighted by Gasteiger charge is -2.35. The lowest BCUT2D eigenvalue weighted by Crippen LogP contribution is -2.51. The van der Waals surface area contributed by atoms with Crippen LogP contribution in [0.4, 0.5) is 4.79 Å². The minimum Gasteiger partial charge on any atom is -0.388 e. The molecule has 0 aromatic heterocycles. The number of carbonyl (C=O) groups excluding carboxylic acids is 1. The Kier molecular flexibility index (Phi) is 10.4. The standard InChI is InChI=1S/C29H42N2O3/c1-3-5-13-19-30-25(21-23-15-9-7-10-16-23)27(32)28(33)26(22-24-17-11-8-12-18-24)31(29(30)34)20-14-6-4-2/h7-12,15-18,25-28,32-33H,3-6,13-14,19-22H2,1-2H3. The molecule has 4 atom stereocenters. The van der Waals surface area contributed by atoms with Gasteiger partial charge >= 0.3 is 6.03 Å². The van der Waals surface area contributed by atoms with Crippen LogP contribution >= 0.6 is 0 Å². The van der Waals surface area contributed by atoms with E-state index in [1.165, 1.54) is 0 Å². The summed E-state index contributed by atoms with van der Waals surface area (Å²) in [7, 11) is 0. The smallest absolute Gasteiger partial charge is 0.320 e. The average molecular weight is 467 g/mol. The molecule has 1 aliphatic heterocycles. The van der Waals surface area contributed by atoms with Gasteiger partial charge in [-0.2, -0.15) is 0 Å². The van der Waals surface area contributed by atoms with Crippen LogP contribution in [0.15, 0.2) is 60.7 Å². The number of urea groups is 1. The fraction of sp³-hybridized carbons (Fsp3) is 0.552. The first-order chi connectivity index (χ1) is 16.6. The van der Waals surface area contributed by atoms with Gasteiger partial charge in [0.1, 0.15) is 12.2 Å². The van der Waals surface area contributed by atoms with Crippen molar-refractivity contribution < 1.29 is 15.0 Å². The molecule has 4 unspecified atom stereocenters. The highest BCUT2D eigenvalue weighted by Crippen LogP contribution is 2.28. The molecule has 5 nitrogen and oxygen atoms in total. The van der Waals surface area contributed by atoms with Crippen LogP contribution in [0.1, 0.15) is 63.5 Å². The molecule has 1 saturated heterocycles. The van der Waals surface area contributed by atoms with E-state index in [0.29, 0.717) is 25.9 Å². The van der Waals surface area contributed by atoms with Crippen molar-refractivity contribution in [3.05, 3.63) is 71.8 Å². The number of nitrogens with zero attached hydrogens (tertiary/aromatic N) is 2. The minimum atomic E-state index is -1.02. The molecule has 186 valence electrons. The second-order valence-corrected chi connectivity index (χ2v) is 9.58. The van der Waals surface area contributed by atoms with Crippen molar-refractivity contribution in [2.45, 2.75) is 89.5 Å². The van der Waals surface area contributed by atoms with Crippen LogP contribution in [-0.2, 0) is 12.8 Å². The van der Waals surface area contributed by atoms with E-state index in [1.807, 2.05) is 70.5 Å². The first kappa shape index (κ1) is 26.2. The van der Waals surface area contributed by atoms with Gasteiger partial charge in [-0.15, -0.1) is 0 Å². The summed E-state index contributed by atoms with van der Waals surface area (Å²) in [5, 5.41) is 23.0. The van der Waals surface area contributed by atoms with Crippen molar-refractivity contribution in [2.24, 2.45) is 0 Å². The van der Waals surface area contributed by atoms with Gasteiger partial charge in [-0.05, 0) is 36.8 Å². The van der Waals surface area contributed by atoms with E-state index in [-0.39, 0.29) is 6.03 Å².